The second-order valence-corrected chi connectivity index (χ2v) is 4.27. The van der Waals surface area contributed by atoms with Gasteiger partial charge in [0.2, 0.25) is 0 Å². The first-order chi connectivity index (χ1) is 6.26. The van der Waals surface area contributed by atoms with Crippen LogP contribution in [0.1, 0.15) is 39.5 Å². The standard InChI is InChI=1S/C11H23NO/c1-3-5-10-8-12(9-10)7-6-11(13)4-2/h10-11,13H,3-9H2,1-2H3. The molecule has 2 nitrogen and oxygen atoms in total. The number of rotatable bonds is 6. The van der Waals surface area contributed by atoms with Gasteiger partial charge in [-0.2, -0.15) is 0 Å². The number of hydrogen-bond donors (Lipinski definition) is 1. The summed E-state index contributed by atoms with van der Waals surface area (Å²) in [7, 11) is 0. The maximum Gasteiger partial charge on any atom is 0.0549 e. The molecule has 2 heteroatoms. The van der Waals surface area contributed by atoms with Gasteiger partial charge in [0.25, 0.3) is 0 Å². The average molecular weight is 185 g/mol. The lowest BCUT2D eigenvalue weighted by Gasteiger charge is -2.39. The molecule has 0 aromatic heterocycles. The van der Waals surface area contributed by atoms with Gasteiger partial charge in [-0.15, -0.1) is 0 Å². The van der Waals surface area contributed by atoms with E-state index in [-0.39, 0.29) is 6.10 Å². The summed E-state index contributed by atoms with van der Waals surface area (Å²) in [5, 5.41) is 9.37. The van der Waals surface area contributed by atoms with E-state index in [0.717, 1.165) is 25.3 Å². The van der Waals surface area contributed by atoms with Crippen LogP contribution in [0.15, 0.2) is 0 Å². The van der Waals surface area contributed by atoms with Gasteiger partial charge in [0.05, 0.1) is 6.10 Å². The molecule has 13 heavy (non-hydrogen) atoms. The Kier molecular flexibility index (Phi) is 4.74. The van der Waals surface area contributed by atoms with Crippen molar-refractivity contribution < 1.29 is 5.11 Å². The Morgan fingerprint density at radius 3 is 2.62 bits per heavy atom. The van der Waals surface area contributed by atoms with Gasteiger partial charge in [-0.05, 0) is 25.2 Å². The molecule has 0 saturated carbocycles. The van der Waals surface area contributed by atoms with Crippen LogP contribution in [0, 0.1) is 5.92 Å². The Morgan fingerprint density at radius 2 is 2.08 bits per heavy atom. The minimum Gasteiger partial charge on any atom is -0.393 e. The summed E-state index contributed by atoms with van der Waals surface area (Å²) in [5.41, 5.74) is 0. The van der Waals surface area contributed by atoms with Gasteiger partial charge in [0.15, 0.2) is 0 Å². The summed E-state index contributed by atoms with van der Waals surface area (Å²) in [6, 6.07) is 0. The molecule has 0 bridgehead atoms. The quantitative estimate of drug-likeness (QED) is 0.683. The Bertz CT molecular complexity index is 132. The molecular formula is C11H23NO. The van der Waals surface area contributed by atoms with Crippen LogP contribution in [0.4, 0.5) is 0 Å². The van der Waals surface area contributed by atoms with Crippen LogP contribution >= 0.6 is 0 Å². The first-order valence-electron chi connectivity index (χ1n) is 5.66. The van der Waals surface area contributed by atoms with E-state index in [9.17, 15) is 5.11 Å². The molecule has 1 N–H and O–H groups in total. The van der Waals surface area contributed by atoms with E-state index in [1.807, 2.05) is 6.92 Å². The van der Waals surface area contributed by atoms with Gasteiger partial charge >= 0.3 is 0 Å². The number of likely N-dealkylation sites (tertiary alicyclic amines) is 1. The van der Waals surface area contributed by atoms with Crippen LogP contribution in [0.2, 0.25) is 0 Å². The molecule has 1 saturated heterocycles. The topological polar surface area (TPSA) is 23.5 Å². The van der Waals surface area contributed by atoms with Crippen LogP contribution in [-0.4, -0.2) is 35.7 Å². The molecule has 0 spiro atoms. The van der Waals surface area contributed by atoms with Crippen molar-refractivity contribution in [2.75, 3.05) is 19.6 Å². The molecule has 1 aliphatic rings. The lowest BCUT2D eigenvalue weighted by Crippen LogP contribution is -2.47. The Labute approximate surface area is 81.9 Å². The van der Waals surface area contributed by atoms with Crippen molar-refractivity contribution in [1.29, 1.82) is 0 Å². The summed E-state index contributed by atoms with van der Waals surface area (Å²) in [4.78, 5) is 2.46. The summed E-state index contributed by atoms with van der Waals surface area (Å²) in [6.07, 6.45) is 4.47. The summed E-state index contributed by atoms with van der Waals surface area (Å²) in [6.45, 7) is 7.92. The van der Waals surface area contributed by atoms with Crippen LogP contribution < -0.4 is 0 Å². The Balaban J connectivity index is 1.95. The fourth-order valence-corrected chi connectivity index (χ4v) is 1.99. The van der Waals surface area contributed by atoms with E-state index >= 15 is 0 Å². The molecule has 1 heterocycles. The first kappa shape index (κ1) is 11.0. The number of aliphatic hydroxyl groups excluding tert-OH is 1. The van der Waals surface area contributed by atoms with Crippen molar-refractivity contribution in [3.8, 4) is 0 Å². The van der Waals surface area contributed by atoms with Gasteiger partial charge in [-0.3, -0.25) is 0 Å². The second kappa shape index (κ2) is 5.61. The molecule has 0 radical (unpaired) electrons. The van der Waals surface area contributed by atoms with Gasteiger partial charge in [0, 0.05) is 19.6 Å². The summed E-state index contributed by atoms with van der Waals surface area (Å²) in [5.74, 6) is 0.948. The molecule has 1 aliphatic heterocycles. The van der Waals surface area contributed by atoms with Gasteiger partial charge in [-0.1, -0.05) is 20.3 Å². The van der Waals surface area contributed by atoms with E-state index in [1.54, 1.807) is 0 Å². The number of aliphatic hydroxyl groups is 1. The van der Waals surface area contributed by atoms with Crippen LogP contribution in [0.25, 0.3) is 0 Å². The highest BCUT2D eigenvalue weighted by atomic mass is 16.3. The van der Waals surface area contributed by atoms with Crippen molar-refractivity contribution >= 4 is 0 Å². The minimum absolute atomic E-state index is 0.0785. The van der Waals surface area contributed by atoms with Crippen LogP contribution in [-0.2, 0) is 0 Å². The third-order valence-corrected chi connectivity index (χ3v) is 2.98. The number of hydrogen-bond acceptors (Lipinski definition) is 2. The van der Waals surface area contributed by atoms with Gasteiger partial charge in [-0.25, -0.2) is 0 Å². The second-order valence-electron chi connectivity index (χ2n) is 4.27. The highest BCUT2D eigenvalue weighted by Crippen LogP contribution is 2.20. The average Bonchev–Trinajstić information content (AvgIpc) is 2.08. The third kappa shape index (κ3) is 3.65. The van der Waals surface area contributed by atoms with E-state index in [1.165, 1.54) is 25.9 Å². The van der Waals surface area contributed by atoms with Crippen molar-refractivity contribution in [2.45, 2.75) is 45.6 Å². The summed E-state index contributed by atoms with van der Waals surface area (Å²) >= 11 is 0. The molecule has 0 aromatic carbocycles. The molecule has 1 atom stereocenters. The molecule has 0 aromatic rings. The number of nitrogens with zero attached hydrogens (tertiary/aromatic N) is 1. The molecule has 78 valence electrons. The SMILES string of the molecule is CCCC1CN(CCC(O)CC)C1. The van der Waals surface area contributed by atoms with E-state index in [4.69, 9.17) is 0 Å². The highest BCUT2D eigenvalue weighted by molar-refractivity contribution is 4.79. The van der Waals surface area contributed by atoms with Crippen LogP contribution in [0.3, 0.4) is 0 Å². The smallest absolute Gasteiger partial charge is 0.0549 e. The van der Waals surface area contributed by atoms with Crippen LogP contribution in [0.5, 0.6) is 0 Å². The van der Waals surface area contributed by atoms with E-state index < -0.39 is 0 Å². The lowest BCUT2D eigenvalue weighted by atomic mass is 9.94. The maximum atomic E-state index is 9.37. The fourth-order valence-electron chi connectivity index (χ4n) is 1.99. The predicted molar refractivity (Wildman–Crippen MR) is 55.8 cm³/mol. The third-order valence-electron chi connectivity index (χ3n) is 2.98. The van der Waals surface area contributed by atoms with Gasteiger partial charge in [0.1, 0.15) is 0 Å². The van der Waals surface area contributed by atoms with E-state index in [2.05, 4.69) is 11.8 Å². The Hall–Kier alpha value is -0.0800. The molecule has 1 unspecified atom stereocenters. The molecule has 0 aliphatic carbocycles. The fraction of sp³-hybridized carbons (Fsp3) is 1.00. The van der Waals surface area contributed by atoms with Crippen molar-refractivity contribution in [2.24, 2.45) is 5.92 Å². The molecule has 1 rings (SSSR count). The van der Waals surface area contributed by atoms with Gasteiger partial charge < -0.3 is 10.0 Å². The van der Waals surface area contributed by atoms with Crippen molar-refractivity contribution in [1.82, 2.24) is 4.90 Å². The largest absolute Gasteiger partial charge is 0.393 e. The zero-order valence-electron chi connectivity index (χ0n) is 9.00. The zero-order valence-corrected chi connectivity index (χ0v) is 9.00. The summed E-state index contributed by atoms with van der Waals surface area (Å²) < 4.78 is 0. The zero-order chi connectivity index (χ0) is 9.68. The van der Waals surface area contributed by atoms with Crippen molar-refractivity contribution in [3.63, 3.8) is 0 Å². The maximum absolute atomic E-state index is 9.37. The molecular weight excluding hydrogens is 162 g/mol. The predicted octanol–water partition coefficient (Wildman–Crippen LogP) is 1.88. The monoisotopic (exact) mass is 185 g/mol. The molecule has 1 fully saturated rings. The lowest BCUT2D eigenvalue weighted by molar-refractivity contribution is 0.0675. The molecule has 0 amide bonds. The highest BCUT2D eigenvalue weighted by Gasteiger charge is 2.25. The Morgan fingerprint density at radius 1 is 1.38 bits per heavy atom. The minimum atomic E-state index is -0.0785. The van der Waals surface area contributed by atoms with E-state index in [0.29, 0.717) is 0 Å². The first-order valence-corrected chi connectivity index (χ1v) is 5.66. The van der Waals surface area contributed by atoms with Crippen molar-refractivity contribution in [3.05, 3.63) is 0 Å². The normalized spacial score (nSPS) is 21.5.